The first-order valence-electron chi connectivity index (χ1n) is 6.71. The van der Waals surface area contributed by atoms with E-state index in [0.717, 1.165) is 0 Å². The highest BCUT2D eigenvalue weighted by Gasteiger charge is 2.30. The van der Waals surface area contributed by atoms with Gasteiger partial charge in [-0.05, 0) is 53.4 Å². The van der Waals surface area contributed by atoms with Gasteiger partial charge in [-0.3, -0.25) is 0 Å². The van der Waals surface area contributed by atoms with Crippen molar-refractivity contribution in [1.29, 1.82) is 0 Å². The largest absolute Gasteiger partial charge is 0.496 e. The predicted octanol–water partition coefficient (Wildman–Crippen LogP) is 2.50. The molecule has 0 aliphatic heterocycles. The van der Waals surface area contributed by atoms with Crippen molar-refractivity contribution in [3.8, 4) is 5.75 Å². The standard InChI is InChI=1S/C14H23BrN2O3S/c1-10(2)8-14(3,9-16)17-21(18,19)11-5-6-13(20-4)12(15)7-11/h5-7,10,17H,8-9,16H2,1-4H3. The van der Waals surface area contributed by atoms with Crippen LogP contribution in [-0.4, -0.2) is 27.6 Å². The van der Waals surface area contributed by atoms with Gasteiger partial charge >= 0.3 is 0 Å². The van der Waals surface area contributed by atoms with E-state index in [1.54, 1.807) is 6.07 Å². The van der Waals surface area contributed by atoms with Crippen molar-refractivity contribution < 1.29 is 13.2 Å². The van der Waals surface area contributed by atoms with Gasteiger partial charge in [-0.1, -0.05) is 13.8 Å². The lowest BCUT2D eigenvalue weighted by Gasteiger charge is -2.30. The van der Waals surface area contributed by atoms with Crippen molar-refractivity contribution >= 4 is 26.0 Å². The fraction of sp³-hybridized carbons (Fsp3) is 0.571. The summed E-state index contributed by atoms with van der Waals surface area (Å²) in [6, 6.07) is 4.65. The van der Waals surface area contributed by atoms with Gasteiger partial charge in [0.05, 0.1) is 16.5 Å². The van der Waals surface area contributed by atoms with E-state index < -0.39 is 15.6 Å². The second-order valence-electron chi connectivity index (χ2n) is 5.76. The highest BCUT2D eigenvalue weighted by Crippen LogP contribution is 2.28. The Balaban J connectivity index is 3.08. The minimum absolute atomic E-state index is 0.179. The number of halogens is 1. The van der Waals surface area contributed by atoms with Crippen molar-refractivity contribution in [3.63, 3.8) is 0 Å². The highest BCUT2D eigenvalue weighted by molar-refractivity contribution is 9.10. The van der Waals surface area contributed by atoms with Crippen LogP contribution in [0.25, 0.3) is 0 Å². The first-order valence-corrected chi connectivity index (χ1v) is 8.99. The number of sulfonamides is 1. The molecule has 0 saturated heterocycles. The predicted molar refractivity (Wildman–Crippen MR) is 87.9 cm³/mol. The van der Waals surface area contributed by atoms with Gasteiger partial charge in [0.2, 0.25) is 10.0 Å². The van der Waals surface area contributed by atoms with Crippen LogP contribution in [0.15, 0.2) is 27.6 Å². The second-order valence-corrected chi connectivity index (χ2v) is 8.30. The smallest absolute Gasteiger partial charge is 0.241 e. The zero-order chi connectivity index (χ0) is 16.3. The molecular weight excluding hydrogens is 356 g/mol. The quantitative estimate of drug-likeness (QED) is 0.763. The van der Waals surface area contributed by atoms with E-state index in [0.29, 0.717) is 22.6 Å². The molecule has 7 heteroatoms. The van der Waals surface area contributed by atoms with Gasteiger partial charge in [0.1, 0.15) is 5.75 Å². The van der Waals surface area contributed by atoms with Crippen molar-refractivity contribution in [3.05, 3.63) is 22.7 Å². The molecule has 0 fully saturated rings. The van der Waals surface area contributed by atoms with Crippen LogP contribution in [0.1, 0.15) is 27.2 Å². The molecule has 0 saturated carbocycles. The van der Waals surface area contributed by atoms with Gasteiger partial charge in [-0.2, -0.15) is 0 Å². The molecule has 1 aromatic rings. The van der Waals surface area contributed by atoms with Crippen LogP contribution >= 0.6 is 15.9 Å². The number of nitrogens with two attached hydrogens (primary N) is 1. The van der Waals surface area contributed by atoms with E-state index in [-0.39, 0.29) is 11.4 Å². The second kappa shape index (κ2) is 7.09. The minimum atomic E-state index is -3.64. The van der Waals surface area contributed by atoms with Crippen LogP contribution in [0.3, 0.4) is 0 Å². The Labute approximate surface area is 135 Å². The lowest BCUT2D eigenvalue weighted by molar-refractivity contribution is 0.344. The maximum absolute atomic E-state index is 12.5. The molecule has 21 heavy (non-hydrogen) atoms. The summed E-state index contributed by atoms with van der Waals surface area (Å²) in [6.45, 7) is 6.13. The average molecular weight is 379 g/mol. The molecule has 0 aliphatic carbocycles. The molecule has 0 spiro atoms. The number of hydrogen-bond acceptors (Lipinski definition) is 4. The Kier molecular flexibility index (Phi) is 6.22. The van der Waals surface area contributed by atoms with Crippen molar-refractivity contribution in [2.24, 2.45) is 11.7 Å². The highest BCUT2D eigenvalue weighted by atomic mass is 79.9. The zero-order valence-corrected chi connectivity index (χ0v) is 15.2. The zero-order valence-electron chi connectivity index (χ0n) is 12.8. The summed E-state index contributed by atoms with van der Waals surface area (Å²) in [5.41, 5.74) is 5.09. The fourth-order valence-electron chi connectivity index (χ4n) is 2.27. The number of hydrogen-bond donors (Lipinski definition) is 2. The van der Waals surface area contributed by atoms with E-state index in [9.17, 15) is 8.42 Å². The summed E-state index contributed by atoms with van der Waals surface area (Å²) in [5, 5.41) is 0. The average Bonchev–Trinajstić information content (AvgIpc) is 2.37. The Bertz CT molecular complexity index is 590. The first-order chi connectivity index (χ1) is 9.63. The van der Waals surface area contributed by atoms with E-state index in [2.05, 4.69) is 20.7 Å². The van der Waals surface area contributed by atoms with Crippen LogP contribution in [0.4, 0.5) is 0 Å². The summed E-state index contributed by atoms with van der Waals surface area (Å²) >= 11 is 3.29. The van der Waals surface area contributed by atoms with Crippen LogP contribution in [-0.2, 0) is 10.0 Å². The lowest BCUT2D eigenvalue weighted by Crippen LogP contribution is -2.51. The number of benzene rings is 1. The van der Waals surface area contributed by atoms with Crippen molar-refractivity contribution in [2.45, 2.75) is 37.6 Å². The molecule has 0 aromatic heterocycles. The molecule has 0 radical (unpaired) electrons. The Morgan fingerprint density at radius 1 is 1.43 bits per heavy atom. The molecule has 5 nitrogen and oxygen atoms in total. The maximum Gasteiger partial charge on any atom is 0.241 e. The summed E-state index contributed by atoms with van der Waals surface area (Å²) < 4.78 is 33.4. The van der Waals surface area contributed by atoms with E-state index in [1.165, 1.54) is 19.2 Å². The van der Waals surface area contributed by atoms with E-state index >= 15 is 0 Å². The molecule has 1 atom stereocenters. The summed E-state index contributed by atoms with van der Waals surface area (Å²) in [5.74, 6) is 0.918. The van der Waals surface area contributed by atoms with Gasteiger partial charge in [-0.15, -0.1) is 0 Å². The molecule has 0 amide bonds. The van der Waals surface area contributed by atoms with E-state index in [4.69, 9.17) is 10.5 Å². The number of rotatable bonds is 7. The third kappa shape index (κ3) is 4.95. The topological polar surface area (TPSA) is 81.4 Å². The molecule has 1 unspecified atom stereocenters. The van der Waals surface area contributed by atoms with Crippen LogP contribution < -0.4 is 15.2 Å². The van der Waals surface area contributed by atoms with Gasteiger partial charge in [0.25, 0.3) is 0 Å². The fourth-order valence-corrected chi connectivity index (χ4v) is 4.41. The third-order valence-electron chi connectivity index (χ3n) is 3.12. The van der Waals surface area contributed by atoms with Crippen LogP contribution in [0.5, 0.6) is 5.75 Å². The number of methoxy groups -OCH3 is 1. The lowest BCUT2D eigenvalue weighted by atomic mass is 9.92. The van der Waals surface area contributed by atoms with Crippen LogP contribution in [0, 0.1) is 5.92 Å². The maximum atomic E-state index is 12.5. The molecule has 1 rings (SSSR count). The Morgan fingerprint density at radius 2 is 2.05 bits per heavy atom. The van der Waals surface area contributed by atoms with Gasteiger partial charge in [0, 0.05) is 12.1 Å². The normalized spacial score (nSPS) is 15.0. The third-order valence-corrected chi connectivity index (χ3v) is 5.38. The molecule has 3 N–H and O–H groups in total. The molecule has 1 aromatic carbocycles. The SMILES string of the molecule is COc1ccc(S(=O)(=O)NC(C)(CN)CC(C)C)cc1Br. The Morgan fingerprint density at radius 3 is 2.48 bits per heavy atom. The molecule has 0 aliphatic rings. The number of ether oxygens (including phenoxy) is 1. The Hall–Kier alpha value is -0.630. The van der Waals surface area contributed by atoms with Gasteiger partial charge < -0.3 is 10.5 Å². The van der Waals surface area contributed by atoms with E-state index in [1.807, 2.05) is 20.8 Å². The summed E-state index contributed by atoms with van der Waals surface area (Å²) in [7, 11) is -2.11. The van der Waals surface area contributed by atoms with Crippen LogP contribution in [0.2, 0.25) is 0 Å². The minimum Gasteiger partial charge on any atom is -0.496 e. The number of nitrogens with one attached hydrogen (secondary N) is 1. The molecule has 0 bridgehead atoms. The molecule has 120 valence electrons. The molecular formula is C14H23BrN2O3S. The molecule has 0 heterocycles. The van der Waals surface area contributed by atoms with Gasteiger partial charge in [-0.25, -0.2) is 13.1 Å². The summed E-state index contributed by atoms with van der Waals surface area (Å²) in [4.78, 5) is 0.179. The van der Waals surface area contributed by atoms with Crippen molar-refractivity contribution in [1.82, 2.24) is 4.72 Å². The van der Waals surface area contributed by atoms with Gasteiger partial charge in [0.15, 0.2) is 0 Å². The monoisotopic (exact) mass is 378 g/mol. The van der Waals surface area contributed by atoms with Crippen molar-refractivity contribution in [2.75, 3.05) is 13.7 Å². The summed E-state index contributed by atoms with van der Waals surface area (Å²) in [6.07, 6.45) is 0.667. The first kappa shape index (κ1) is 18.4.